The van der Waals surface area contributed by atoms with Crippen LogP contribution in [0.25, 0.3) is 110 Å². The summed E-state index contributed by atoms with van der Waals surface area (Å²) in [6.45, 7) is 0. The molecule has 12 aromatic rings. The number of hydrogen-bond donors (Lipinski definition) is 0. The zero-order valence-corrected chi connectivity index (χ0v) is 31.7. The largest absolute Gasteiger partial charge is 0.309 e. The van der Waals surface area contributed by atoms with Crippen molar-refractivity contribution in [1.29, 1.82) is 0 Å². The van der Waals surface area contributed by atoms with Crippen LogP contribution in [0.1, 0.15) is 0 Å². The van der Waals surface area contributed by atoms with E-state index in [9.17, 15) is 0 Å². The summed E-state index contributed by atoms with van der Waals surface area (Å²) in [5, 5.41) is 10.1. The highest BCUT2D eigenvalue weighted by Gasteiger charge is 2.17. The Morgan fingerprint density at radius 1 is 0.224 bits per heavy atom. The number of rotatable bonds is 5. The van der Waals surface area contributed by atoms with E-state index in [1.54, 1.807) is 0 Å². The Morgan fingerprint density at radius 2 is 0.655 bits per heavy atom. The van der Waals surface area contributed by atoms with Crippen LogP contribution in [0, 0.1) is 0 Å². The Morgan fingerprint density at radius 3 is 1.19 bits per heavy atom. The molecule has 270 valence electrons. The smallest absolute Gasteiger partial charge is 0.0541 e. The summed E-state index contributed by atoms with van der Waals surface area (Å²) in [7, 11) is 0. The van der Waals surface area contributed by atoms with Crippen LogP contribution in [0.2, 0.25) is 0 Å². The zero-order valence-electron chi connectivity index (χ0n) is 31.7. The van der Waals surface area contributed by atoms with Crippen LogP contribution in [-0.2, 0) is 0 Å². The van der Waals surface area contributed by atoms with E-state index in [0.717, 1.165) is 11.4 Å². The van der Waals surface area contributed by atoms with Crippen molar-refractivity contribution in [3.8, 4) is 44.8 Å². The molecule has 12 rings (SSSR count). The molecule has 2 heterocycles. The molecular weight excluding hydrogens is 701 g/mol. The molecule has 0 atom stereocenters. The molecule has 0 aliphatic carbocycles. The second-order valence-electron chi connectivity index (χ2n) is 15.3. The van der Waals surface area contributed by atoms with E-state index >= 15 is 0 Å². The SMILES string of the molecule is c1ccc2cc3c(-c4cc(-c5ccc(-n6c7ccccc7c7ccccc76)cc5)ccc4-c4ccc(-n5c6ccccc6c6ccccc65)cc4)cccc3cc2c1. The third-order valence-electron chi connectivity index (χ3n) is 12.1. The maximum Gasteiger partial charge on any atom is 0.0541 e. The average molecular weight is 737 g/mol. The molecule has 0 saturated heterocycles. The number of nitrogens with zero attached hydrogens (tertiary/aromatic N) is 2. The Kier molecular flexibility index (Phi) is 7.26. The molecule has 0 radical (unpaired) electrons. The third-order valence-corrected chi connectivity index (χ3v) is 12.1. The molecule has 0 saturated carbocycles. The van der Waals surface area contributed by atoms with Crippen LogP contribution >= 0.6 is 0 Å². The number of benzene rings is 10. The fourth-order valence-electron chi connectivity index (χ4n) is 9.39. The third kappa shape index (κ3) is 5.05. The van der Waals surface area contributed by atoms with Crippen molar-refractivity contribution in [1.82, 2.24) is 9.13 Å². The Bertz CT molecular complexity index is 3440. The van der Waals surface area contributed by atoms with Gasteiger partial charge in [0.05, 0.1) is 22.1 Å². The second kappa shape index (κ2) is 12.9. The summed E-state index contributed by atoms with van der Waals surface area (Å²) in [5.41, 5.74) is 14.4. The van der Waals surface area contributed by atoms with Crippen molar-refractivity contribution >= 4 is 65.2 Å². The minimum atomic E-state index is 1.15. The lowest BCUT2D eigenvalue weighted by molar-refractivity contribution is 1.18. The van der Waals surface area contributed by atoms with Gasteiger partial charge < -0.3 is 9.13 Å². The van der Waals surface area contributed by atoms with Gasteiger partial charge >= 0.3 is 0 Å². The second-order valence-corrected chi connectivity index (χ2v) is 15.3. The molecular formula is C56H36N2. The molecule has 0 unspecified atom stereocenters. The highest BCUT2D eigenvalue weighted by Crippen LogP contribution is 2.41. The van der Waals surface area contributed by atoms with Gasteiger partial charge in [-0.3, -0.25) is 0 Å². The summed E-state index contributed by atoms with van der Waals surface area (Å²) in [5.74, 6) is 0. The lowest BCUT2D eigenvalue weighted by Crippen LogP contribution is -1.95. The fraction of sp³-hybridized carbons (Fsp3) is 0. The van der Waals surface area contributed by atoms with Crippen LogP contribution in [0.15, 0.2) is 218 Å². The van der Waals surface area contributed by atoms with E-state index in [1.807, 2.05) is 0 Å². The first kappa shape index (κ1) is 32.6. The summed E-state index contributed by atoms with van der Waals surface area (Å²) < 4.78 is 4.77. The van der Waals surface area contributed by atoms with Crippen LogP contribution in [0.5, 0.6) is 0 Å². The van der Waals surface area contributed by atoms with Gasteiger partial charge in [-0.1, -0.05) is 152 Å². The highest BCUT2D eigenvalue weighted by atomic mass is 15.0. The van der Waals surface area contributed by atoms with Gasteiger partial charge in [-0.25, -0.2) is 0 Å². The van der Waals surface area contributed by atoms with Crippen molar-refractivity contribution in [3.05, 3.63) is 218 Å². The molecule has 10 aromatic carbocycles. The van der Waals surface area contributed by atoms with Crippen molar-refractivity contribution in [3.63, 3.8) is 0 Å². The van der Waals surface area contributed by atoms with Crippen LogP contribution in [0.4, 0.5) is 0 Å². The number of hydrogen-bond acceptors (Lipinski definition) is 0. The first-order chi connectivity index (χ1) is 28.8. The Hall–Kier alpha value is -7.68. The summed E-state index contributed by atoms with van der Waals surface area (Å²) in [6.07, 6.45) is 0. The predicted octanol–water partition coefficient (Wildman–Crippen LogP) is 15.2. The summed E-state index contributed by atoms with van der Waals surface area (Å²) in [6, 6.07) is 80.1. The van der Waals surface area contributed by atoms with Gasteiger partial charge in [0.15, 0.2) is 0 Å². The van der Waals surface area contributed by atoms with Gasteiger partial charge in [0, 0.05) is 32.9 Å². The molecule has 0 N–H and O–H groups in total. The quantitative estimate of drug-likeness (QED) is 0.156. The van der Waals surface area contributed by atoms with Crippen molar-refractivity contribution in [2.24, 2.45) is 0 Å². The first-order valence-corrected chi connectivity index (χ1v) is 20.0. The van der Waals surface area contributed by atoms with Gasteiger partial charge in [-0.2, -0.15) is 0 Å². The zero-order chi connectivity index (χ0) is 38.2. The van der Waals surface area contributed by atoms with Gasteiger partial charge in [0.1, 0.15) is 0 Å². The monoisotopic (exact) mass is 736 g/mol. The van der Waals surface area contributed by atoms with Gasteiger partial charge in [0.2, 0.25) is 0 Å². The minimum Gasteiger partial charge on any atom is -0.309 e. The van der Waals surface area contributed by atoms with E-state index < -0.39 is 0 Å². The maximum atomic E-state index is 2.40. The van der Waals surface area contributed by atoms with Crippen LogP contribution in [0.3, 0.4) is 0 Å². The van der Waals surface area contributed by atoms with E-state index in [0.29, 0.717) is 0 Å². The molecule has 2 aromatic heterocycles. The van der Waals surface area contributed by atoms with Gasteiger partial charge in [-0.05, 0) is 122 Å². The highest BCUT2D eigenvalue weighted by molar-refractivity contribution is 6.11. The molecule has 2 nitrogen and oxygen atoms in total. The van der Waals surface area contributed by atoms with Crippen LogP contribution in [-0.4, -0.2) is 9.13 Å². The van der Waals surface area contributed by atoms with Crippen molar-refractivity contribution in [2.45, 2.75) is 0 Å². The molecule has 0 spiro atoms. The molecule has 0 aliphatic heterocycles. The molecule has 0 aliphatic rings. The van der Waals surface area contributed by atoms with E-state index in [2.05, 4.69) is 228 Å². The minimum absolute atomic E-state index is 1.15. The van der Waals surface area contributed by atoms with Crippen molar-refractivity contribution < 1.29 is 0 Å². The molecule has 2 heteroatoms. The number of para-hydroxylation sites is 4. The molecule has 0 bridgehead atoms. The van der Waals surface area contributed by atoms with Gasteiger partial charge in [-0.15, -0.1) is 0 Å². The fourth-order valence-corrected chi connectivity index (χ4v) is 9.39. The van der Waals surface area contributed by atoms with E-state index in [1.165, 1.54) is 98.5 Å². The van der Waals surface area contributed by atoms with E-state index in [4.69, 9.17) is 0 Å². The normalized spacial score (nSPS) is 11.8. The summed E-state index contributed by atoms with van der Waals surface area (Å²) in [4.78, 5) is 0. The predicted molar refractivity (Wildman–Crippen MR) is 246 cm³/mol. The standard InChI is InChI=1S/C56H36N2/c1-2-13-40-35-51-42(34-39(40)12-1)14-11-19-46(51)52-36-41(37-24-29-43(30-25-37)57-53-20-7-3-15-47(53)48-16-4-8-21-54(48)57)28-33-45(52)38-26-31-44(32-27-38)58-55-22-9-5-17-49(55)50-18-6-10-23-56(50)58/h1-36H. The molecule has 0 fully saturated rings. The molecule has 58 heavy (non-hydrogen) atoms. The summed E-state index contributed by atoms with van der Waals surface area (Å²) >= 11 is 0. The molecule has 0 amide bonds. The Labute approximate surface area is 336 Å². The first-order valence-electron chi connectivity index (χ1n) is 20.0. The topological polar surface area (TPSA) is 9.86 Å². The van der Waals surface area contributed by atoms with Gasteiger partial charge in [0.25, 0.3) is 0 Å². The Balaban J connectivity index is 1.01. The lowest BCUT2D eigenvalue weighted by Gasteiger charge is -2.17. The average Bonchev–Trinajstić information content (AvgIpc) is 3.81. The lowest BCUT2D eigenvalue weighted by atomic mass is 9.88. The van der Waals surface area contributed by atoms with Crippen molar-refractivity contribution in [2.75, 3.05) is 0 Å². The number of aromatic nitrogens is 2. The number of fused-ring (bicyclic) bond motifs is 8. The van der Waals surface area contributed by atoms with E-state index in [-0.39, 0.29) is 0 Å². The maximum absolute atomic E-state index is 2.40. The van der Waals surface area contributed by atoms with Crippen LogP contribution < -0.4 is 0 Å².